The van der Waals surface area contributed by atoms with Crippen LogP contribution in [0, 0.1) is 11.3 Å². The minimum Gasteiger partial charge on any atom is -0.480 e. The Kier molecular flexibility index (Phi) is 4.69. The molecule has 2 rings (SSSR count). The molecule has 1 spiro atoms. The molecule has 2 fully saturated rings. The highest BCUT2D eigenvalue weighted by atomic mass is 16.5. The van der Waals surface area contributed by atoms with E-state index in [9.17, 15) is 0 Å². The van der Waals surface area contributed by atoms with Crippen molar-refractivity contribution in [2.45, 2.75) is 47.0 Å². The summed E-state index contributed by atoms with van der Waals surface area (Å²) in [5.74, 6) is 1.82. The van der Waals surface area contributed by atoms with E-state index in [-0.39, 0.29) is 0 Å². The van der Waals surface area contributed by atoms with Crippen molar-refractivity contribution in [2.75, 3.05) is 19.7 Å². The van der Waals surface area contributed by atoms with Crippen LogP contribution in [0.15, 0.2) is 12.5 Å². The predicted molar refractivity (Wildman–Crippen MR) is 69.1 cm³/mol. The average Bonchev–Trinajstić information content (AvgIpc) is 2.66. The second-order valence-electron chi connectivity index (χ2n) is 5.01. The fraction of sp³-hybridized carbons (Fsp3) is 0.857. The molecule has 1 saturated carbocycles. The Bertz CT molecular complexity index is 231. The van der Waals surface area contributed by atoms with Crippen molar-refractivity contribution in [3.05, 3.63) is 12.5 Å². The summed E-state index contributed by atoms with van der Waals surface area (Å²) in [6, 6.07) is 0. The maximum absolute atomic E-state index is 5.45. The zero-order valence-electron chi connectivity index (χ0n) is 11.4. The van der Waals surface area contributed by atoms with Gasteiger partial charge in [0.1, 0.15) is 0 Å². The van der Waals surface area contributed by atoms with Gasteiger partial charge >= 0.3 is 0 Å². The second-order valence-corrected chi connectivity index (χ2v) is 5.01. The summed E-state index contributed by atoms with van der Waals surface area (Å²) in [6.07, 6.45) is 4.15. The third-order valence-corrected chi connectivity index (χ3v) is 3.66. The van der Waals surface area contributed by atoms with E-state index in [4.69, 9.17) is 4.74 Å². The number of hydrogen-bond acceptors (Lipinski definition) is 2. The number of likely N-dealkylation sites (tertiary alicyclic amines) is 1. The molecule has 0 amide bonds. The molecule has 0 aromatic rings. The minimum atomic E-state index is 0.624. The maximum atomic E-state index is 5.45. The van der Waals surface area contributed by atoms with Gasteiger partial charge in [0.2, 0.25) is 0 Å². The van der Waals surface area contributed by atoms with Crippen LogP contribution in [0.5, 0.6) is 0 Å². The molecule has 1 aliphatic heterocycles. The van der Waals surface area contributed by atoms with Crippen LogP contribution in [-0.4, -0.2) is 24.6 Å². The fourth-order valence-electron chi connectivity index (χ4n) is 3.16. The molecule has 1 heterocycles. The van der Waals surface area contributed by atoms with E-state index in [1.807, 2.05) is 20.8 Å². The highest BCUT2D eigenvalue weighted by Gasteiger charge is 2.46. The van der Waals surface area contributed by atoms with Gasteiger partial charge in [-0.25, -0.2) is 0 Å². The molecular formula is C14H27NO. The Morgan fingerprint density at radius 3 is 2.56 bits per heavy atom. The Balaban J connectivity index is 0.000000606. The lowest BCUT2D eigenvalue weighted by molar-refractivity contribution is 0.0635. The first-order valence-electron chi connectivity index (χ1n) is 6.72. The normalized spacial score (nSPS) is 31.8. The molecule has 0 atom stereocenters. The van der Waals surface area contributed by atoms with Crippen molar-refractivity contribution in [3.63, 3.8) is 0 Å². The first kappa shape index (κ1) is 13.4. The summed E-state index contributed by atoms with van der Waals surface area (Å²) in [7, 11) is 0. The van der Waals surface area contributed by atoms with Crippen LogP contribution in [0.1, 0.15) is 47.0 Å². The topological polar surface area (TPSA) is 12.5 Å². The van der Waals surface area contributed by atoms with Crippen LogP contribution in [0.4, 0.5) is 0 Å². The van der Waals surface area contributed by atoms with E-state index in [0.717, 1.165) is 25.0 Å². The number of hydrogen-bond donors (Lipinski definition) is 0. The van der Waals surface area contributed by atoms with Crippen LogP contribution in [-0.2, 0) is 4.74 Å². The molecule has 1 saturated heterocycles. The lowest BCUT2D eigenvalue weighted by Crippen LogP contribution is -2.38. The number of rotatable bonds is 3. The zero-order chi connectivity index (χ0) is 12.2. The summed E-state index contributed by atoms with van der Waals surface area (Å²) in [6.45, 7) is 15.4. The summed E-state index contributed by atoms with van der Waals surface area (Å²) < 4.78 is 5.45. The molecule has 2 heteroatoms. The van der Waals surface area contributed by atoms with Gasteiger partial charge in [0, 0.05) is 13.1 Å². The SMILES string of the molecule is C=C(OCC)N1CCC2(CC(C)C2)C1.CC. The van der Waals surface area contributed by atoms with Crippen molar-refractivity contribution in [1.82, 2.24) is 4.90 Å². The molecule has 0 radical (unpaired) electrons. The van der Waals surface area contributed by atoms with Gasteiger partial charge in [-0.2, -0.15) is 0 Å². The van der Waals surface area contributed by atoms with Crippen molar-refractivity contribution in [1.29, 1.82) is 0 Å². The molecule has 0 N–H and O–H groups in total. The predicted octanol–water partition coefficient (Wildman–Crippen LogP) is 3.64. The van der Waals surface area contributed by atoms with E-state index >= 15 is 0 Å². The lowest BCUT2D eigenvalue weighted by Gasteiger charge is -2.43. The van der Waals surface area contributed by atoms with Gasteiger partial charge in [0.25, 0.3) is 0 Å². The molecule has 0 unspecified atom stereocenters. The van der Waals surface area contributed by atoms with Crippen molar-refractivity contribution in [3.8, 4) is 0 Å². The molecule has 0 aromatic carbocycles. The molecule has 94 valence electrons. The van der Waals surface area contributed by atoms with Gasteiger partial charge in [0.05, 0.1) is 6.61 Å². The Morgan fingerprint density at radius 2 is 2.06 bits per heavy atom. The highest BCUT2D eigenvalue weighted by Crippen LogP contribution is 2.51. The molecule has 16 heavy (non-hydrogen) atoms. The Labute approximate surface area is 101 Å². The van der Waals surface area contributed by atoms with E-state index in [2.05, 4.69) is 18.4 Å². The summed E-state index contributed by atoms with van der Waals surface area (Å²) in [5.41, 5.74) is 0.624. The first-order chi connectivity index (χ1) is 7.65. The van der Waals surface area contributed by atoms with Crippen molar-refractivity contribution >= 4 is 0 Å². The maximum Gasteiger partial charge on any atom is 0.181 e. The molecule has 2 nitrogen and oxygen atoms in total. The summed E-state index contributed by atoms with van der Waals surface area (Å²) >= 11 is 0. The van der Waals surface area contributed by atoms with E-state index in [1.165, 1.54) is 25.8 Å². The van der Waals surface area contributed by atoms with Gasteiger partial charge in [-0.3, -0.25) is 0 Å². The molecule has 1 aliphatic carbocycles. The van der Waals surface area contributed by atoms with Gasteiger partial charge in [-0.1, -0.05) is 20.8 Å². The average molecular weight is 225 g/mol. The van der Waals surface area contributed by atoms with Crippen molar-refractivity contribution < 1.29 is 4.74 Å². The molecule has 0 aromatic heterocycles. The van der Waals surface area contributed by atoms with Gasteiger partial charge < -0.3 is 9.64 Å². The largest absolute Gasteiger partial charge is 0.480 e. The van der Waals surface area contributed by atoms with Gasteiger partial charge in [-0.15, -0.1) is 0 Å². The monoisotopic (exact) mass is 225 g/mol. The number of nitrogens with zero attached hydrogens (tertiary/aromatic N) is 1. The second kappa shape index (κ2) is 5.60. The van der Waals surface area contributed by atoms with Gasteiger partial charge in [-0.05, 0) is 44.1 Å². The molecule has 0 bridgehead atoms. The third-order valence-electron chi connectivity index (χ3n) is 3.66. The van der Waals surface area contributed by atoms with Crippen LogP contribution >= 0.6 is 0 Å². The lowest BCUT2D eigenvalue weighted by atomic mass is 9.62. The van der Waals surface area contributed by atoms with Gasteiger partial charge in [0.15, 0.2) is 5.88 Å². The third kappa shape index (κ3) is 2.72. The zero-order valence-corrected chi connectivity index (χ0v) is 11.4. The Hall–Kier alpha value is -0.660. The van der Waals surface area contributed by atoms with Crippen LogP contribution in [0.2, 0.25) is 0 Å². The quantitative estimate of drug-likeness (QED) is 0.680. The highest BCUT2D eigenvalue weighted by molar-refractivity contribution is 5.02. The molecule has 2 aliphatic rings. The summed E-state index contributed by atoms with van der Waals surface area (Å²) in [4.78, 5) is 2.31. The summed E-state index contributed by atoms with van der Waals surface area (Å²) in [5, 5.41) is 0. The van der Waals surface area contributed by atoms with E-state index in [0.29, 0.717) is 5.41 Å². The number of ether oxygens (including phenoxy) is 1. The smallest absolute Gasteiger partial charge is 0.181 e. The van der Waals surface area contributed by atoms with E-state index in [1.54, 1.807) is 0 Å². The standard InChI is InChI=1S/C12H21NO.C2H6/c1-4-14-11(3)13-6-5-12(9-13)7-10(2)8-12;1-2/h10H,3-9H2,1-2H3;1-2H3. The first-order valence-corrected chi connectivity index (χ1v) is 6.72. The Morgan fingerprint density at radius 1 is 1.44 bits per heavy atom. The van der Waals surface area contributed by atoms with Crippen LogP contribution < -0.4 is 0 Å². The molecular weight excluding hydrogens is 198 g/mol. The van der Waals surface area contributed by atoms with Crippen LogP contribution in [0.3, 0.4) is 0 Å². The van der Waals surface area contributed by atoms with Crippen molar-refractivity contribution in [2.24, 2.45) is 11.3 Å². The minimum absolute atomic E-state index is 0.624. The van der Waals surface area contributed by atoms with E-state index < -0.39 is 0 Å². The van der Waals surface area contributed by atoms with Crippen LogP contribution in [0.25, 0.3) is 0 Å². The fourth-order valence-corrected chi connectivity index (χ4v) is 3.16.